The first kappa shape index (κ1) is 16.5. The summed E-state index contributed by atoms with van der Waals surface area (Å²) in [6.45, 7) is 3.40. The highest BCUT2D eigenvalue weighted by Crippen LogP contribution is 2.25. The number of ether oxygens (including phenoxy) is 1. The van der Waals surface area contributed by atoms with Gasteiger partial charge in [-0.3, -0.25) is 4.79 Å². The fourth-order valence-corrected chi connectivity index (χ4v) is 2.83. The number of nitrogens with one attached hydrogen (secondary N) is 1. The maximum absolute atomic E-state index is 12.1. The minimum absolute atomic E-state index is 0.188. The van der Waals surface area contributed by atoms with Gasteiger partial charge in [-0.2, -0.15) is 0 Å². The van der Waals surface area contributed by atoms with Crippen LogP contribution in [0.2, 0.25) is 0 Å². The zero-order valence-electron chi connectivity index (χ0n) is 13.3. The lowest BCUT2D eigenvalue weighted by Gasteiger charge is -2.04. The number of hydrogen-bond donors (Lipinski definition) is 1. The smallest absolute Gasteiger partial charge is 0.270 e. The second-order valence-electron chi connectivity index (χ2n) is 5.19. The lowest BCUT2D eigenvalue weighted by atomic mass is 10.4. The van der Waals surface area contributed by atoms with E-state index in [1.807, 2.05) is 31.2 Å². The number of rotatable bonds is 8. The van der Waals surface area contributed by atoms with Crippen molar-refractivity contribution in [3.63, 3.8) is 0 Å². The number of amides is 1. The molecule has 0 atom stereocenters. The molecule has 0 spiro atoms. The lowest BCUT2D eigenvalue weighted by Crippen LogP contribution is -2.25. The minimum atomic E-state index is -0.188. The maximum atomic E-state index is 12.1. The molecule has 0 aliphatic heterocycles. The molecule has 7 heteroatoms. The van der Waals surface area contributed by atoms with Gasteiger partial charge in [-0.1, -0.05) is 0 Å². The lowest BCUT2D eigenvalue weighted by molar-refractivity contribution is 0.0913. The molecule has 0 fully saturated rings. The molecule has 0 radical (unpaired) electrons. The third-order valence-corrected chi connectivity index (χ3v) is 4.12. The van der Waals surface area contributed by atoms with Crippen LogP contribution in [0.15, 0.2) is 44.7 Å². The van der Waals surface area contributed by atoms with Crippen molar-refractivity contribution in [3.8, 4) is 10.8 Å². The summed E-state index contributed by atoms with van der Waals surface area (Å²) in [6.07, 6.45) is 2.34. The molecule has 0 bridgehead atoms. The van der Waals surface area contributed by atoms with Crippen LogP contribution < -0.4 is 5.32 Å². The average molecular weight is 346 g/mol. The molecule has 0 aliphatic rings. The number of aryl methyl sites for hydroxylation is 1. The Morgan fingerprint density at radius 3 is 3.04 bits per heavy atom. The Kier molecular flexibility index (Phi) is 5.45. The van der Waals surface area contributed by atoms with Gasteiger partial charge in [0.05, 0.1) is 6.26 Å². The van der Waals surface area contributed by atoms with E-state index < -0.39 is 0 Å². The Bertz CT molecular complexity index is 776. The average Bonchev–Trinajstić information content (AvgIpc) is 3.31. The summed E-state index contributed by atoms with van der Waals surface area (Å²) < 4.78 is 16.1. The summed E-state index contributed by atoms with van der Waals surface area (Å²) in [5, 5.41) is 5.27. The van der Waals surface area contributed by atoms with Crippen LogP contribution in [0.5, 0.6) is 0 Å². The summed E-state index contributed by atoms with van der Waals surface area (Å²) in [7, 11) is 0. The number of carbonyl (C=O) groups excluding carboxylic acids is 1. The van der Waals surface area contributed by atoms with Crippen molar-refractivity contribution in [2.75, 3.05) is 13.2 Å². The third-order valence-electron chi connectivity index (χ3n) is 3.26. The number of aromatic nitrogens is 1. The SMILES string of the molecule is Cc1ccc(-c2nc(C(=O)NCCCOCc3ccco3)cs2)o1. The second kappa shape index (κ2) is 7.94. The number of carbonyl (C=O) groups is 1. The fraction of sp³-hybridized carbons (Fsp3) is 0.294. The number of furan rings is 2. The normalized spacial score (nSPS) is 10.9. The van der Waals surface area contributed by atoms with E-state index in [1.165, 1.54) is 11.3 Å². The molecule has 0 aromatic carbocycles. The highest BCUT2D eigenvalue weighted by atomic mass is 32.1. The monoisotopic (exact) mass is 346 g/mol. The zero-order valence-corrected chi connectivity index (χ0v) is 14.1. The molecule has 3 aromatic heterocycles. The number of nitrogens with zero attached hydrogens (tertiary/aromatic N) is 1. The van der Waals surface area contributed by atoms with Crippen molar-refractivity contribution in [1.29, 1.82) is 0 Å². The van der Waals surface area contributed by atoms with Gasteiger partial charge in [0.2, 0.25) is 0 Å². The predicted octanol–water partition coefficient (Wildman–Crippen LogP) is 3.64. The first-order valence-electron chi connectivity index (χ1n) is 7.63. The quantitative estimate of drug-likeness (QED) is 0.630. The van der Waals surface area contributed by atoms with Gasteiger partial charge in [-0.15, -0.1) is 11.3 Å². The van der Waals surface area contributed by atoms with Crippen LogP contribution in [-0.4, -0.2) is 24.0 Å². The summed E-state index contributed by atoms with van der Waals surface area (Å²) in [4.78, 5) is 16.4. The highest BCUT2D eigenvalue weighted by molar-refractivity contribution is 7.13. The van der Waals surface area contributed by atoms with Crippen LogP contribution in [0.3, 0.4) is 0 Å². The Hall–Kier alpha value is -2.38. The Morgan fingerprint density at radius 1 is 1.38 bits per heavy atom. The highest BCUT2D eigenvalue weighted by Gasteiger charge is 2.13. The van der Waals surface area contributed by atoms with Crippen LogP contribution >= 0.6 is 11.3 Å². The van der Waals surface area contributed by atoms with Crippen LogP contribution in [0.1, 0.15) is 28.4 Å². The molecule has 0 saturated carbocycles. The van der Waals surface area contributed by atoms with Gasteiger partial charge < -0.3 is 18.9 Å². The van der Waals surface area contributed by atoms with E-state index in [2.05, 4.69) is 10.3 Å². The van der Waals surface area contributed by atoms with E-state index in [4.69, 9.17) is 13.6 Å². The van der Waals surface area contributed by atoms with Crippen molar-refractivity contribution in [3.05, 3.63) is 53.1 Å². The standard InChI is InChI=1S/C17H18N2O4S/c1-12-5-6-15(23-12)17-19-14(11-24-17)16(20)18-7-3-8-21-10-13-4-2-9-22-13/h2,4-6,9,11H,3,7-8,10H2,1H3,(H,18,20). The van der Waals surface area contributed by atoms with Crippen LogP contribution in [0, 0.1) is 6.92 Å². The van der Waals surface area contributed by atoms with Gasteiger partial charge in [0, 0.05) is 18.5 Å². The maximum Gasteiger partial charge on any atom is 0.270 e. The first-order valence-corrected chi connectivity index (χ1v) is 8.51. The topological polar surface area (TPSA) is 77.5 Å². The third kappa shape index (κ3) is 4.33. The molecule has 3 heterocycles. The van der Waals surface area contributed by atoms with E-state index in [1.54, 1.807) is 11.6 Å². The molecule has 0 aliphatic carbocycles. The van der Waals surface area contributed by atoms with Crippen molar-refractivity contribution in [1.82, 2.24) is 10.3 Å². The Balaban J connectivity index is 1.38. The van der Waals surface area contributed by atoms with Gasteiger partial charge >= 0.3 is 0 Å². The molecule has 0 unspecified atom stereocenters. The van der Waals surface area contributed by atoms with Crippen molar-refractivity contribution in [2.45, 2.75) is 20.0 Å². The van der Waals surface area contributed by atoms with Crippen LogP contribution in [0.25, 0.3) is 10.8 Å². The van der Waals surface area contributed by atoms with E-state index in [0.717, 1.165) is 17.9 Å². The van der Waals surface area contributed by atoms with Crippen LogP contribution in [-0.2, 0) is 11.3 Å². The van der Waals surface area contributed by atoms with Crippen LogP contribution in [0.4, 0.5) is 0 Å². The molecular weight excluding hydrogens is 328 g/mol. The van der Waals surface area contributed by atoms with Gasteiger partial charge in [-0.05, 0) is 37.6 Å². The van der Waals surface area contributed by atoms with Crippen molar-refractivity contribution in [2.24, 2.45) is 0 Å². The largest absolute Gasteiger partial charge is 0.467 e. The molecule has 3 rings (SSSR count). The second-order valence-corrected chi connectivity index (χ2v) is 6.05. The molecule has 126 valence electrons. The minimum Gasteiger partial charge on any atom is -0.467 e. The molecule has 24 heavy (non-hydrogen) atoms. The Morgan fingerprint density at radius 2 is 2.29 bits per heavy atom. The van der Waals surface area contributed by atoms with Crippen molar-refractivity contribution >= 4 is 17.2 Å². The van der Waals surface area contributed by atoms with Gasteiger partial charge in [-0.25, -0.2) is 4.98 Å². The molecular formula is C17H18N2O4S. The van der Waals surface area contributed by atoms with E-state index in [0.29, 0.717) is 36.2 Å². The summed E-state index contributed by atoms with van der Waals surface area (Å²) >= 11 is 1.39. The van der Waals surface area contributed by atoms with Gasteiger partial charge in [0.15, 0.2) is 10.8 Å². The van der Waals surface area contributed by atoms with E-state index in [9.17, 15) is 4.79 Å². The molecule has 1 amide bonds. The molecule has 3 aromatic rings. The summed E-state index contributed by atoms with van der Waals surface area (Å²) in [5.74, 6) is 2.11. The zero-order chi connectivity index (χ0) is 16.8. The predicted molar refractivity (Wildman–Crippen MR) is 89.9 cm³/mol. The fourth-order valence-electron chi connectivity index (χ4n) is 2.07. The van der Waals surface area contributed by atoms with E-state index in [-0.39, 0.29) is 5.91 Å². The number of thiazole rings is 1. The molecule has 6 nitrogen and oxygen atoms in total. The summed E-state index contributed by atoms with van der Waals surface area (Å²) in [5.41, 5.74) is 0.403. The Labute approximate surface area is 143 Å². The van der Waals surface area contributed by atoms with Crippen molar-refractivity contribution < 1.29 is 18.4 Å². The van der Waals surface area contributed by atoms with Gasteiger partial charge in [0.1, 0.15) is 23.8 Å². The number of hydrogen-bond acceptors (Lipinski definition) is 6. The van der Waals surface area contributed by atoms with E-state index >= 15 is 0 Å². The summed E-state index contributed by atoms with van der Waals surface area (Å²) in [6, 6.07) is 7.42. The molecule has 1 N–H and O–H groups in total. The molecule has 0 saturated heterocycles. The van der Waals surface area contributed by atoms with Gasteiger partial charge in [0.25, 0.3) is 5.91 Å². The first-order chi connectivity index (χ1) is 11.7.